The highest BCUT2D eigenvalue weighted by atomic mass is 16.5. The fraction of sp³-hybridized carbons (Fsp3) is 0.526. The second-order valence-corrected chi connectivity index (χ2v) is 14.2. The Hall–Kier alpha value is -3.14. The summed E-state index contributed by atoms with van der Waals surface area (Å²) in [5.74, 6) is 0.490. The molecule has 0 aromatic heterocycles. The van der Waals surface area contributed by atoms with E-state index in [2.05, 4.69) is 120 Å². The summed E-state index contributed by atoms with van der Waals surface area (Å²) in [5, 5.41) is 0. The number of ether oxygens (including phenoxy) is 2. The lowest BCUT2D eigenvalue weighted by Crippen LogP contribution is -2.11. The van der Waals surface area contributed by atoms with Gasteiger partial charge < -0.3 is 9.47 Å². The molecule has 0 aliphatic heterocycles. The maximum Gasteiger partial charge on any atom is 0.310 e. The SMILES string of the molecule is CC(C)=CC1C(C(=O)OCc2ccc(C)cc2C)C1(C)C.CC(C)=CC1C(C(=O)OCc2ccc(C)cc2C)C1(C)C. The summed E-state index contributed by atoms with van der Waals surface area (Å²) in [5.41, 5.74) is 9.57. The van der Waals surface area contributed by atoms with E-state index >= 15 is 0 Å². The van der Waals surface area contributed by atoms with Crippen molar-refractivity contribution < 1.29 is 19.1 Å². The first-order valence-corrected chi connectivity index (χ1v) is 15.2. The fourth-order valence-electron chi connectivity index (χ4n) is 6.09. The lowest BCUT2D eigenvalue weighted by Gasteiger charge is -2.09. The molecule has 0 amide bonds. The van der Waals surface area contributed by atoms with Crippen molar-refractivity contribution in [2.75, 3.05) is 0 Å². The Balaban J connectivity index is 0.000000230. The minimum absolute atomic E-state index is 0.00171. The average Bonchev–Trinajstić information content (AvgIpc) is 3.62. The molecule has 0 N–H and O–H groups in total. The highest BCUT2D eigenvalue weighted by Crippen LogP contribution is 2.60. The first kappa shape index (κ1) is 33.4. The Kier molecular flexibility index (Phi) is 10.3. The Labute approximate surface area is 254 Å². The molecule has 4 rings (SSSR count). The van der Waals surface area contributed by atoms with E-state index in [4.69, 9.17) is 9.47 Å². The smallest absolute Gasteiger partial charge is 0.310 e. The molecule has 2 saturated carbocycles. The van der Waals surface area contributed by atoms with Gasteiger partial charge in [-0.3, -0.25) is 9.59 Å². The van der Waals surface area contributed by atoms with Crippen LogP contribution in [0.1, 0.15) is 88.8 Å². The van der Waals surface area contributed by atoms with Gasteiger partial charge in [0.25, 0.3) is 0 Å². The molecule has 0 heterocycles. The van der Waals surface area contributed by atoms with Gasteiger partial charge in [0, 0.05) is 0 Å². The standard InChI is InChI=1S/2C19H26O2/c2*1-12(2)9-16-17(19(16,5)6)18(20)21-11-15-8-7-13(3)10-14(15)4/h2*7-10,16-17H,11H2,1-6H3. The molecule has 0 bridgehead atoms. The van der Waals surface area contributed by atoms with Crippen molar-refractivity contribution in [3.63, 3.8) is 0 Å². The molecule has 228 valence electrons. The second-order valence-electron chi connectivity index (χ2n) is 14.2. The van der Waals surface area contributed by atoms with Crippen LogP contribution in [-0.2, 0) is 32.3 Å². The topological polar surface area (TPSA) is 52.6 Å². The monoisotopic (exact) mass is 572 g/mol. The second kappa shape index (κ2) is 13.0. The lowest BCUT2D eigenvalue weighted by atomic mass is 10.1. The van der Waals surface area contributed by atoms with Gasteiger partial charge >= 0.3 is 11.9 Å². The number of allylic oxidation sites excluding steroid dienone is 4. The summed E-state index contributed by atoms with van der Waals surface area (Å²) >= 11 is 0. The van der Waals surface area contributed by atoms with Crippen LogP contribution >= 0.6 is 0 Å². The van der Waals surface area contributed by atoms with E-state index in [1.54, 1.807) is 0 Å². The van der Waals surface area contributed by atoms with Crippen LogP contribution in [0.25, 0.3) is 0 Å². The Morgan fingerprint density at radius 1 is 0.643 bits per heavy atom. The number of aryl methyl sites for hydroxylation is 4. The van der Waals surface area contributed by atoms with Crippen molar-refractivity contribution in [3.8, 4) is 0 Å². The van der Waals surface area contributed by atoms with Crippen LogP contribution in [0.2, 0.25) is 0 Å². The predicted octanol–water partition coefficient (Wildman–Crippen LogP) is 9.17. The molecule has 0 spiro atoms. The summed E-state index contributed by atoms with van der Waals surface area (Å²) in [6.07, 6.45) is 4.39. The van der Waals surface area contributed by atoms with Crippen LogP contribution in [0.15, 0.2) is 59.7 Å². The highest BCUT2D eigenvalue weighted by Gasteiger charge is 2.62. The summed E-state index contributed by atoms with van der Waals surface area (Å²) in [7, 11) is 0. The zero-order valence-electron chi connectivity index (χ0n) is 28.0. The van der Waals surface area contributed by atoms with Crippen molar-refractivity contribution in [3.05, 3.63) is 93.1 Å². The van der Waals surface area contributed by atoms with Gasteiger partial charge in [-0.25, -0.2) is 0 Å². The zero-order chi connectivity index (χ0) is 31.6. The lowest BCUT2D eigenvalue weighted by molar-refractivity contribution is -0.148. The van der Waals surface area contributed by atoms with Crippen LogP contribution in [0.5, 0.6) is 0 Å². The van der Waals surface area contributed by atoms with E-state index in [1.165, 1.54) is 33.4 Å². The number of hydrogen-bond acceptors (Lipinski definition) is 4. The van der Waals surface area contributed by atoms with Crippen LogP contribution in [0, 0.1) is 62.2 Å². The third-order valence-electron chi connectivity index (χ3n) is 9.09. The highest BCUT2D eigenvalue weighted by molar-refractivity contribution is 5.79. The molecule has 4 nitrogen and oxygen atoms in total. The van der Waals surface area contributed by atoms with Crippen molar-refractivity contribution in [2.24, 2.45) is 34.5 Å². The van der Waals surface area contributed by atoms with Gasteiger partial charge in [-0.05, 0) is 100 Å². The Morgan fingerprint density at radius 2 is 0.976 bits per heavy atom. The van der Waals surface area contributed by atoms with Crippen molar-refractivity contribution in [1.29, 1.82) is 0 Å². The molecule has 42 heavy (non-hydrogen) atoms. The first-order valence-electron chi connectivity index (χ1n) is 15.2. The number of benzene rings is 2. The van der Waals surface area contributed by atoms with E-state index in [9.17, 15) is 9.59 Å². The molecule has 0 saturated heterocycles. The van der Waals surface area contributed by atoms with Crippen molar-refractivity contribution in [1.82, 2.24) is 0 Å². The third kappa shape index (κ3) is 8.02. The third-order valence-corrected chi connectivity index (χ3v) is 9.09. The maximum absolute atomic E-state index is 12.3. The van der Waals surface area contributed by atoms with Crippen molar-refractivity contribution in [2.45, 2.75) is 96.3 Å². The Morgan fingerprint density at radius 3 is 1.26 bits per heavy atom. The van der Waals surface area contributed by atoms with Crippen LogP contribution in [0.4, 0.5) is 0 Å². The number of rotatable bonds is 8. The molecule has 2 aromatic rings. The van der Waals surface area contributed by atoms with E-state index in [-0.39, 0.29) is 34.6 Å². The van der Waals surface area contributed by atoms with E-state index in [1.807, 2.05) is 12.1 Å². The molecule has 2 fully saturated rings. The first-order chi connectivity index (χ1) is 19.5. The fourth-order valence-corrected chi connectivity index (χ4v) is 6.09. The minimum Gasteiger partial charge on any atom is -0.461 e. The van der Waals surface area contributed by atoms with Crippen LogP contribution in [0.3, 0.4) is 0 Å². The van der Waals surface area contributed by atoms with E-state index in [0.717, 1.165) is 11.1 Å². The van der Waals surface area contributed by atoms with Gasteiger partial charge in [-0.15, -0.1) is 0 Å². The number of esters is 2. The molecular weight excluding hydrogens is 520 g/mol. The van der Waals surface area contributed by atoms with Gasteiger partial charge in [0.1, 0.15) is 13.2 Å². The van der Waals surface area contributed by atoms with Gasteiger partial charge in [-0.1, -0.05) is 98.5 Å². The summed E-state index contributed by atoms with van der Waals surface area (Å²) in [4.78, 5) is 24.6. The Bertz CT molecular complexity index is 1260. The quantitative estimate of drug-likeness (QED) is 0.234. The van der Waals surface area contributed by atoms with Crippen LogP contribution in [-0.4, -0.2) is 11.9 Å². The van der Waals surface area contributed by atoms with Gasteiger partial charge in [0.05, 0.1) is 11.8 Å². The zero-order valence-corrected chi connectivity index (χ0v) is 28.0. The predicted molar refractivity (Wildman–Crippen MR) is 172 cm³/mol. The molecular formula is C38H52O4. The van der Waals surface area contributed by atoms with Gasteiger partial charge in [-0.2, -0.15) is 0 Å². The largest absolute Gasteiger partial charge is 0.461 e. The minimum atomic E-state index is -0.0672. The van der Waals surface area contributed by atoms with E-state index < -0.39 is 0 Å². The molecule has 4 heteroatoms. The maximum atomic E-state index is 12.3. The molecule has 2 aliphatic carbocycles. The average molecular weight is 573 g/mol. The molecule has 2 aromatic carbocycles. The number of carbonyl (C=O) groups excluding carboxylic acids is 2. The summed E-state index contributed by atoms with van der Waals surface area (Å²) in [6.45, 7) is 25.9. The molecule has 2 aliphatic rings. The number of hydrogen-bond donors (Lipinski definition) is 0. The van der Waals surface area contributed by atoms with Gasteiger partial charge in [0.2, 0.25) is 0 Å². The van der Waals surface area contributed by atoms with E-state index in [0.29, 0.717) is 25.0 Å². The normalized spacial score (nSPS) is 22.6. The number of carbonyl (C=O) groups is 2. The summed E-state index contributed by atoms with van der Waals surface area (Å²) in [6, 6.07) is 12.5. The molecule has 4 atom stereocenters. The summed E-state index contributed by atoms with van der Waals surface area (Å²) < 4.78 is 11.1. The molecule has 4 unspecified atom stereocenters. The van der Waals surface area contributed by atoms with Gasteiger partial charge in [0.15, 0.2) is 0 Å². The van der Waals surface area contributed by atoms with Crippen LogP contribution < -0.4 is 0 Å². The van der Waals surface area contributed by atoms with Crippen molar-refractivity contribution >= 4 is 11.9 Å². The molecule has 0 radical (unpaired) electrons.